The molecule has 0 fully saturated rings. The standard InChI is InChI=1S/C17H19N5O/c1-11-4-7-19-12(2)16(11)21-17-13-6-9-22(10-15(23)18-3)14(13)5-8-20-17/h4-9H,10H2,1-3H3,(H,18,23)(H,20,21). The van der Waals surface area contributed by atoms with Crippen LogP contribution in [0, 0.1) is 13.8 Å². The Morgan fingerprint density at radius 1 is 1.17 bits per heavy atom. The number of hydrogen-bond acceptors (Lipinski definition) is 4. The summed E-state index contributed by atoms with van der Waals surface area (Å²) < 4.78 is 1.91. The average Bonchev–Trinajstić information content (AvgIpc) is 2.95. The molecule has 0 aliphatic carbocycles. The number of aryl methyl sites for hydroxylation is 2. The van der Waals surface area contributed by atoms with Gasteiger partial charge in [-0.05, 0) is 37.6 Å². The highest BCUT2D eigenvalue weighted by Gasteiger charge is 2.11. The van der Waals surface area contributed by atoms with Gasteiger partial charge in [0.15, 0.2) is 0 Å². The van der Waals surface area contributed by atoms with Crippen molar-refractivity contribution >= 4 is 28.3 Å². The molecule has 0 saturated heterocycles. The molecule has 0 radical (unpaired) electrons. The molecule has 3 aromatic heterocycles. The first kappa shape index (κ1) is 15.0. The van der Waals surface area contributed by atoms with E-state index in [-0.39, 0.29) is 12.5 Å². The number of pyridine rings is 2. The fraction of sp³-hybridized carbons (Fsp3) is 0.235. The maximum Gasteiger partial charge on any atom is 0.239 e. The molecule has 3 aromatic rings. The largest absolute Gasteiger partial charge is 0.358 e. The SMILES string of the molecule is CNC(=O)Cn1ccc2c(Nc3c(C)ccnc3C)nccc21. The molecular weight excluding hydrogens is 290 g/mol. The molecular formula is C17H19N5O. The van der Waals surface area contributed by atoms with Crippen LogP contribution in [0.5, 0.6) is 0 Å². The van der Waals surface area contributed by atoms with Gasteiger partial charge in [-0.3, -0.25) is 9.78 Å². The quantitative estimate of drug-likeness (QED) is 0.777. The number of fused-ring (bicyclic) bond motifs is 1. The van der Waals surface area contributed by atoms with E-state index < -0.39 is 0 Å². The predicted octanol–water partition coefficient (Wildman–Crippen LogP) is 2.54. The van der Waals surface area contributed by atoms with Gasteiger partial charge in [-0.1, -0.05) is 0 Å². The lowest BCUT2D eigenvalue weighted by Crippen LogP contribution is -2.22. The Labute approximate surface area is 134 Å². The smallest absolute Gasteiger partial charge is 0.239 e. The molecule has 0 aliphatic heterocycles. The Kier molecular flexibility index (Phi) is 3.97. The Bertz CT molecular complexity index is 848. The lowest BCUT2D eigenvalue weighted by Gasteiger charge is -2.12. The molecule has 6 heteroatoms. The summed E-state index contributed by atoms with van der Waals surface area (Å²) in [4.78, 5) is 20.4. The fourth-order valence-electron chi connectivity index (χ4n) is 2.60. The monoisotopic (exact) mass is 309 g/mol. The molecule has 118 valence electrons. The minimum absolute atomic E-state index is 0.0345. The molecule has 6 nitrogen and oxygen atoms in total. The van der Waals surface area contributed by atoms with Crippen LogP contribution in [0.4, 0.5) is 11.5 Å². The summed E-state index contributed by atoms with van der Waals surface area (Å²) in [5, 5.41) is 6.99. The second-order valence-electron chi connectivity index (χ2n) is 5.42. The van der Waals surface area contributed by atoms with Gasteiger partial charge < -0.3 is 15.2 Å². The first-order chi connectivity index (χ1) is 11.1. The van der Waals surface area contributed by atoms with Crippen LogP contribution in [0.25, 0.3) is 10.9 Å². The van der Waals surface area contributed by atoms with Gasteiger partial charge in [0.25, 0.3) is 0 Å². The second kappa shape index (κ2) is 6.08. The van der Waals surface area contributed by atoms with Crippen LogP contribution in [-0.4, -0.2) is 27.5 Å². The van der Waals surface area contributed by atoms with Crippen LogP contribution in [-0.2, 0) is 11.3 Å². The average molecular weight is 309 g/mol. The maximum atomic E-state index is 11.6. The minimum Gasteiger partial charge on any atom is -0.358 e. The molecule has 2 N–H and O–H groups in total. The van der Waals surface area contributed by atoms with E-state index in [9.17, 15) is 4.79 Å². The number of anilines is 2. The van der Waals surface area contributed by atoms with Gasteiger partial charge in [0.1, 0.15) is 12.4 Å². The van der Waals surface area contributed by atoms with E-state index >= 15 is 0 Å². The fourth-order valence-corrected chi connectivity index (χ4v) is 2.60. The van der Waals surface area contributed by atoms with Crippen molar-refractivity contribution in [1.29, 1.82) is 0 Å². The van der Waals surface area contributed by atoms with Crippen LogP contribution in [0.2, 0.25) is 0 Å². The third kappa shape index (κ3) is 2.88. The van der Waals surface area contributed by atoms with Crippen molar-refractivity contribution in [3.05, 3.63) is 48.0 Å². The zero-order valence-corrected chi connectivity index (χ0v) is 13.4. The van der Waals surface area contributed by atoms with Crippen LogP contribution >= 0.6 is 0 Å². The number of rotatable bonds is 4. The number of carbonyl (C=O) groups is 1. The lowest BCUT2D eigenvalue weighted by atomic mass is 10.2. The highest BCUT2D eigenvalue weighted by atomic mass is 16.1. The molecule has 0 aromatic carbocycles. The number of likely N-dealkylation sites (N-methyl/N-ethyl adjacent to an activating group) is 1. The zero-order valence-electron chi connectivity index (χ0n) is 13.4. The van der Waals surface area contributed by atoms with Gasteiger partial charge in [0, 0.05) is 31.0 Å². The summed E-state index contributed by atoms with van der Waals surface area (Å²) in [6.45, 7) is 4.29. The number of aromatic nitrogens is 3. The minimum atomic E-state index is -0.0345. The van der Waals surface area contributed by atoms with E-state index in [1.54, 1.807) is 19.4 Å². The number of amides is 1. The first-order valence-corrected chi connectivity index (χ1v) is 7.44. The molecule has 3 heterocycles. The van der Waals surface area contributed by atoms with Crippen molar-refractivity contribution in [2.75, 3.05) is 12.4 Å². The van der Waals surface area contributed by atoms with E-state index in [4.69, 9.17) is 0 Å². The molecule has 23 heavy (non-hydrogen) atoms. The third-order valence-corrected chi connectivity index (χ3v) is 3.88. The number of hydrogen-bond donors (Lipinski definition) is 2. The van der Waals surface area contributed by atoms with E-state index in [1.807, 2.05) is 42.8 Å². The molecule has 1 amide bonds. The van der Waals surface area contributed by atoms with Gasteiger partial charge in [-0.25, -0.2) is 4.98 Å². The van der Waals surface area contributed by atoms with Crippen molar-refractivity contribution in [3.63, 3.8) is 0 Å². The zero-order chi connectivity index (χ0) is 16.4. The van der Waals surface area contributed by atoms with Crippen molar-refractivity contribution in [2.24, 2.45) is 0 Å². The highest BCUT2D eigenvalue weighted by molar-refractivity contribution is 5.93. The van der Waals surface area contributed by atoms with Crippen LogP contribution in [0.15, 0.2) is 36.8 Å². The van der Waals surface area contributed by atoms with Gasteiger partial charge in [-0.15, -0.1) is 0 Å². The first-order valence-electron chi connectivity index (χ1n) is 7.44. The molecule has 0 bridgehead atoms. The van der Waals surface area contributed by atoms with Crippen LogP contribution in [0.3, 0.4) is 0 Å². The molecule has 0 saturated carbocycles. The lowest BCUT2D eigenvalue weighted by molar-refractivity contribution is -0.121. The van der Waals surface area contributed by atoms with Gasteiger partial charge in [-0.2, -0.15) is 0 Å². The second-order valence-corrected chi connectivity index (χ2v) is 5.42. The van der Waals surface area contributed by atoms with Crippen molar-refractivity contribution < 1.29 is 4.79 Å². The normalized spacial score (nSPS) is 10.7. The predicted molar refractivity (Wildman–Crippen MR) is 90.8 cm³/mol. The highest BCUT2D eigenvalue weighted by Crippen LogP contribution is 2.27. The van der Waals surface area contributed by atoms with Crippen molar-refractivity contribution in [3.8, 4) is 0 Å². The summed E-state index contributed by atoms with van der Waals surface area (Å²) in [6, 6.07) is 5.84. The summed E-state index contributed by atoms with van der Waals surface area (Å²) >= 11 is 0. The summed E-state index contributed by atoms with van der Waals surface area (Å²) in [6.07, 6.45) is 5.44. The molecule has 0 spiro atoms. The van der Waals surface area contributed by atoms with E-state index in [1.165, 1.54) is 0 Å². The molecule has 3 rings (SSSR count). The molecule has 0 unspecified atom stereocenters. The number of carbonyl (C=O) groups excluding carboxylic acids is 1. The molecule has 0 aliphatic rings. The maximum absolute atomic E-state index is 11.6. The topological polar surface area (TPSA) is 71.8 Å². The Balaban J connectivity index is 2.01. The van der Waals surface area contributed by atoms with Crippen LogP contribution in [0.1, 0.15) is 11.3 Å². The van der Waals surface area contributed by atoms with E-state index in [0.29, 0.717) is 0 Å². The van der Waals surface area contributed by atoms with Crippen molar-refractivity contribution in [2.45, 2.75) is 20.4 Å². The van der Waals surface area contributed by atoms with E-state index in [0.717, 1.165) is 33.7 Å². The Hall–Kier alpha value is -2.89. The van der Waals surface area contributed by atoms with Gasteiger partial charge in [0.05, 0.1) is 16.9 Å². The summed E-state index contributed by atoms with van der Waals surface area (Å²) in [5.41, 5.74) is 3.96. The summed E-state index contributed by atoms with van der Waals surface area (Å²) in [7, 11) is 1.64. The van der Waals surface area contributed by atoms with E-state index in [2.05, 4.69) is 20.6 Å². The van der Waals surface area contributed by atoms with Crippen molar-refractivity contribution in [1.82, 2.24) is 19.9 Å². The van der Waals surface area contributed by atoms with Gasteiger partial charge >= 0.3 is 0 Å². The third-order valence-electron chi connectivity index (χ3n) is 3.88. The number of nitrogens with one attached hydrogen (secondary N) is 2. The Morgan fingerprint density at radius 2 is 1.96 bits per heavy atom. The van der Waals surface area contributed by atoms with Crippen LogP contribution < -0.4 is 10.6 Å². The Morgan fingerprint density at radius 3 is 2.70 bits per heavy atom. The number of nitrogens with zero attached hydrogens (tertiary/aromatic N) is 3. The van der Waals surface area contributed by atoms with Gasteiger partial charge in [0.2, 0.25) is 5.91 Å². The molecule has 0 atom stereocenters. The summed E-state index contributed by atoms with van der Waals surface area (Å²) in [5.74, 6) is 0.727.